The van der Waals surface area contributed by atoms with Gasteiger partial charge in [-0.3, -0.25) is 4.68 Å². The Morgan fingerprint density at radius 3 is 3.00 bits per heavy atom. The van der Waals surface area contributed by atoms with Crippen molar-refractivity contribution in [1.82, 2.24) is 15.1 Å². The molecule has 0 aromatic carbocycles. The van der Waals surface area contributed by atoms with E-state index in [1.807, 2.05) is 12.3 Å². The van der Waals surface area contributed by atoms with Crippen LogP contribution in [0.3, 0.4) is 0 Å². The number of aromatic nitrogens is 2. The second kappa shape index (κ2) is 5.69. The van der Waals surface area contributed by atoms with Gasteiger partial charge in [0.15, 0.2) is 0 Å². The van der Waals surface area contributed by atoms with Crippen molar-refractivity contribution in [1.29, 1.82) is 0 Å². The summed E-state index contributed by atoms with van der Waals surface area (Å²) in [6, 6.07) is 1.86. The van der Waals surface area contributed by atoms with Crippen LogP contribution in [0.2, 0.25) is 0 Å². The van der Waals surface area contributed by atoms with Gasteiger partial charge in [-0.05, 0) is 6.07 Å². The van der Waals surface area contributed by atoms with Gasteiger partial charge in [0.05, 0.1) is 19.3 Å². The van der Waals surface area contributed by atoms with E-state index in [-0.39, 0.29) is 6.61 Å². The van der Waals surface area contributed by atoms with Gasteiger partial charge in [0.1, 0.15) is 0 Å². The number of hydrogen-bond donors (Lipinski definition) is 3. The van der Waals surface area contributed by atoms with Crippen LogP contribution in [0.4, 0.5) is 0 Å². The minimum Gasteiger partial charge on any atom is -0.394 e. The van der Waals surface area contributed by atoms with Crippen molar-refractivity contribution in [3.05, 3.63) is 18.5 Å². The molecule has 0 aliphatic heterocycles. The molecule has 1 aromatic heterocycles. The number of rotatable bonds is 6. The fourth-order valence-corrected chi connectivity index (χ4v) is 0.960. The van der Waals surface area contributed by atoms with E-state index in [9.17, 15) is 0 Å². The summed E-state index contributed by atoms with van der Waals surface area (Å²) in [5, 5.41) is 24.5. The average Bonchev–Trinajstić information content (AvgIpc) is 2.64. The summed E-state index contributed by atoms with van der Waals surface area (Å²) in [5.74, 6) is 0. The lowest BCUT2D eigenvalue weighted by atomic mass is 10.4. The second-order valence-corrected chi connectivity index (χ2v) is 2.81. The normalized spacial score (nSPS) is 13.1. The lowest BCUT2D eigenvalue weighted by Crippen LogP contribution is -2.31. The summed E-state index contributed by atoms with van der Waals surface area (Å²) in [7, 11) is 0. The van der Waals surface area contributed by atoms with E-state index in [2.05, 4.69) is 10.4 Å². The van der Waals surface area contributed by atoms with Gasteiger partial charge < -0.3 is 15.5 Å². The number of aliphatic hydroxyl groups is 2. The highest BCUT2D eigenvalue weighted by Crippen LogP contribution is 1.83. The number of nitrogens with one attached hydrogen (secondary N) is 1. The lowest BCUT2D eigenvalue weighted by molar-refractivity contribution is 0.0943. The maximum atomic E-state index is 8.98. The van der Waals surface area contributed by atoms with Gasteiger partial charge in [0, 0.05) is 25.5 Å². The minimum atomic E-state index is -0.669. The highest BCUT2D eigenvalue weighted by atomic mass is 16.3. The zero-order chi connectivity index (χ0) is 9.52. The van der Waals surface area contributed by atoms with E-state index in [0.29, 0.717) is 6.54 Å². The molecule has 0 aliphatic rings. The zero-order valence-corrected chi connectivity index (χ0v) is 7.43. The van der Waals surface area contributed by atoms with Crippen molar-refractivity contribution in [2.24, 2.45) is 0 Å². The monoisotopic (exact) mass is 185 g/mol. The van der Waals surface area contributed by atoms with Crippen molar-refractivity contribution >= 4 is 0 Å². The predicted octanol–water partition coefficient (Wildman–Crippen LogP) is -1.17. The van der Waals surface area contributed by atoms with Gasteiger partial charge in [-0.1, -0.05) is 0 Å². The first kappa shape index (κ1) is 10.2. The fourth-order valence-electron chi connectivity index (χ4n) is 0.960. The maximum Gasteiger partial charge on any atom is 0.0894 e. The van der Waals surface area contributed by atoms with Gasteiger partial charge in [0.25, 0.3) is 0 Å². The van der Waals surface area contributed by atoms with Crippen LogP contribution in [0, 0.1) is 0 Å². The molecule has 0 saturated heterocycles. The summed E-state index contributed by atoms with van der Waals surface area (Å²) in [6.07, 6.45) is 2.94. The first-order valence-corrected chi connectivity index (χ1v) is 4.30. The maximum absolute atomic E-state index is 8.98. The summed E-state index contributed by atoms with van der Waals surface area (Å²) < 4.78 is 1.80. The smallest absolute Gasteiger partial charge is 0.0894 e. The molecule has 1 heterocycles. The number of aliphatic hydroxyl groups excluding tert-OH is 2. The predicted molar refractivity (Wildman–Crippen MR) is 48.2 cm³/mol. The molecule has 0 spiro atoms. The van der Waals surface area contributed by atoms with Crippen molar-refractivity contribution < 1.29 is 10.2 Å². The molecular formula is C8H15N3O2. The third-order valence-electron chi connectivity index (χ3n) is 1.67. The third-order valence-corrected chi connectivity index (χ3v) is 1.67. The van der Waals surface area contributed by atoms with Gasteiger partial charge >= 0.3 is 0 Å². The number of hydrogen-bond acceptors (Lipinski definition) is 4. The average molecular weight is 185 g/mol. The van der Waals surface area contributed by atoms with Crippen LogP contribution in [-0.4, -0.2) is 45.8 Å². The van der Waals surface area contributed by atoms with Gasteiger partial charge in [0.2, 0.25) is 0 Å². The largest absolute Gasteiger partial charge is 0.394 e. The SMILES string of the molecule is OC[C@@H](O)CNCCn1cccn1. The molecule has 0 bridgehead atoms. The second-order valence-electron chi connectivity index (χ2n) is 2.81. The van der Waals surface area contributed by atoms with Crippen molar-refractivity contribution in [3.8, 4) is 0 Å². The standard InChI is InChI=1S/C8H15N3O2/c12-7-8(13)6-9-3-5-11-4-1-2-10-11/h1-2,4,8-9,12-13H,3,5-7H2/t8-/m0/s1. The molecule has 0 radical (unpaired) electrons. The van der Waals surface area contributed by atoms with E-state index in [1.54, 1.807) is 10.9 Å². The Hall–Kier alpha value is -0.910. The van der Waals surface area contributed by atoms with E-state index in [4.69, 9.17) is 10.2 Å². The van der Waals surface area contributed by atoms with Crippen LogP contribution >= 0.6 is 0 Å². The molecule has 1 rings (SSSR count). The zero-order valence-electron chi connectivity index (χ0n) is 7.43. The molecule has 5 nitrogen and oxygen atoms in total. The third kappa shape index (κ3) is 4.02. The van der Waals surface area contributed by atoms with Crippen molar-refractivity contribution in [3.63, 3.8) is 0 Å². The van der Waals surface area contributed by atoms with Crippen LogP contribution < -0.4 is 5.32 Å². The van der Waals surface area contributed by atoms with E-state index in [0.717, 1.165) is 13.1 Å². The molecule has 1 atom stereocenters. The van der Waals surface area contributed by atoms with Crippen LogP contribution in [0.1, 0.15) is 0 Å². The number of nitrogens with zero attached hydrogens (tertiary/aromatic N) is 2. The molecule has 1 aromatic rings. The molecule has 0 aliphatic carbocycles. The van der Waals surface area contributed by atoms with Gasteiger partial charge in [-0.25, -0.2) is 0 Å². The first-order chi connectivity index (χ1) is 6.33. The topological polar surface area (TPSA) is 70.3 Å². The molecule has 0 fully saturated rings. The molecule has 0 saturated carbocycles. The van der Waals surface area contributed by atoms with Gasteiger partial charge in [-0.15, -0.1) is 0 Å². The van der Waals surface area contributed by atoms with Gasteiger partial charge in [-0.2, -0.15) is 5.10 Å². The minimum absolute atomic E-state index is 0.200. The highest BCUT2D eigenvalue weighted by molar-refractivity contribution is 4.77. The fraction of sp³-hybridized carbons (Fsp3) is 0.625. The Morgan fingerprint density at radius 2 is 2.38 bits per heavy atom. The van der Waals surface area contributed by atoms with Crippen LogP contribution in [0.15, 0.2) is 18.5 Å². The quantitative estimate of drug-likeness (QED) is 0.488. The Labute approximate surface area is 77.0 Å². The molecule has 74 valence electrons. The van der Waals surface area contributed by atoms with E-state index in [1.165, 1.54) is 0 Å². The van der Waals surface area contributed by atoms with Crippen LogP contribution in [0.5, 0.6) is 0 Å². The Morgan fingerprint density at radius 1 is 1.54 bits per heavy atom. The van der Waals surface area contributed by atoms with Crippen molar-refractivity contribution in [2.45, 2.75) is 12.6 Å². The molecule has 3 N–H and O–H groups in total. The van der Waals surface area contributed by atoms with E-state index < -0.39 is 6.10 Å². The Bertz CT molecular complexity index is 213. The van der Waals surface area contributed by atoms with Crippen LogP contribution in [0.25, 0.3) is 0 Å². The summed E-state index contributed by atoms with van der Waals surface area (Å²) >= 11 is 0. The van der Waals surface area contributed by atoms with E-state index >= 15 is 0 Å². The Balaban J connectivity index is 2.02. The summed E-state index contributed by atoms with van der Waals surface area (Å²) in [4.78, 5) is 0. The molecular weight excluding hydrogens is 170 g/mol. The molecule has 13 heavy (non-hydrogen) atoms. The summed E-state index contributed by atoms with van der Waals surface area (Å²) in [5.41, 5.74) is 0. The Kier molecular flexibility index (Phi) is 4.45. The van der Waals surface area contributed by atoms with Crippen molar-refractivity contribution in [2.75, 3.05) is 19.7 Å². The lowest BCUT2D eigenvalue weighted by Gasteiger charge is -2.08. The molecule has 5 heteroatoms. The first-order valence-electron chi connectivity index (χ1n) is 4.30. The highest BCUT2D eigenvalue weighted by Gasteiger charge is 1.99. The molecule has 0 amide bonds. The van der Waals surface area contributed by atoms with Crippen LogP contribution in [-0.2, 0) is 6.54 Å². The summed E-state index contributed by atoms with van der Waals surface area (Å²) in [6.45, 7) is 1.72. The molecule has 0 unspecified atom stereocenters.